The zero-order chi connectivity index (χ0) is 13.2. The normalized spacial score (nSPS) is 21.1. The molecule has 1 saturated heterocycles. The van der Waals surface area contributed by atoms with E-state index in [-0.39, 0.29) is 6.10 Å². The van der Waals surface area contributed by atoms with Gasteiger partial charge in [0.25, 0.3) is 0 Å². The highest BCUT2D eigenvalue weighted by molar-refractivity contribution is 5.54. The molecule has 1 aromatic rings. The Morgan fingerprint density at radius 3 is 2.89 bits per heavy atom. The maximum atomic E-state index is 6.19. The molecule has 0 atom stereocenters. The first kappa shape index (κ1) is 12.8. The second-order valence-electron chi connectivity index (χ2n) is 5.57. The minimum absolute atomic E-state index is 0.277. The maximum Gasteiger partial charge on any atom is 0.125 e. The van der Waals surface area contributed by atoms with Crippen molar-refractivity contribution in [2.45, 2.75) is 31.9 Å². The molecule has 0 saturated carbocycles. The minimum atomic E-state index is 0.277. The van der Waals surface area contributed by atoms with E-state index in [1.54, 1.807) is 0 Å². The molecule has 2 aliphatic rings. The summed E-state index contributed by atoms with van der Waals surface area (Å²) >= 11 is 0. The lowest BCUT2D eigenvalue weighted by molar-refractivity contribution is 0.0250. The molecule has 0 aliphatic carbocycles. The van der Waals surface area contributed by atoms with Gasteiger partial charge in [0.1, 0.15) is 11.9 Å². The molecular weight excluding hydrogens is 240 g/mol. The third-order valence-corrected chi connectivity index (χ3v) is 3.97. The van der Waals surface area contributed by atoms with Gasteiger partial charge >= 0.3 is 0 Å². The summed E-state index contributed by atoms with van der Waals surface area (Å²) in [6, 6.07) is 4.07. The van der Waals surface area contributed by atoms with Gasteiger partial charge < -0.3 is 20.1 Å². The Morgan fingerprint density at radius 2 is 2.11 bits per heavy atom. The van der Waals surface area contributed by atoms with Crippen molar-refractivity contribution < 1.29 is 9.47 Å². The van der Waals surface area contributed by atoms with Gasteiger partial charge in [-0.15, -0.1) is 0 Å². The van der Waals surface area contributed by atoms with Crippen molar-refractivity contribution in [2.24, 2.45) is 0 Å². The zero-order valence-electron chi connectivity index (χ0n) is 11.5. The molecule has 0 aromatic heterocycles. The predicted octanol–water partition coefficient (Wildman–Crippen LogP) is 1.81. The molecule has 1 aromatic carbocycles. The van der Waals surface area contributed by atoms with E-state index in [1.807, 2.05) is 6.07 Å². The van der Waals surface area contributed by atoms with Crippen LogP contribution in [0.5, 0.6) is 5.75 Å². The van der Waals surface area contributed by atoms with Gasteiger partial charge in [0, 0.05) is 43.2 Å². The molecule has 2 N–H and O–H groups in total. The summed E-state index contributed by atoms with van der Waals surface area (Å²) in [5.74, 6) is 0.995. The Bertz CT molecular complexity index is 456. The van der Waals surface area contributed by atoms with Crippen molar-refractivity contribution in [1.82, 2.24) is 4.90 Å². The van der Waals surface area contributed by atoms with E-state index in [2.05, 4.69) is 18.0 Å². The lowest BCUT2D eigenvalue weighted by atomic mass is 9.98. The predicted molar refractivity (Wildman–Crippen MR) is 75.4 cm³/mol. The fraction of sp³-hybridized carbons (Fsp3) is 0.600. The first-order valence-electron chi connectivity index (χ1n) is 7.06. The number of anilines is 1. The van der Waals surface area contributed by atoms with Crippen molar-refractivity contribution in [3.05, 3.63) is 23.3 Å². The number of rotatable bonds is 2. The van der Waals surface area contributed by atoms with Gasteiger partial charge in [0.2, 0.25) is 0 Å². The zero-order valence-corrected chi connectivity index (χ0v) is 11.5. The van der Waals surface area contributed by atoms with Crippen LogP contribution in [0.2, 0.25) is 0 Å². The van der Waals surface area contributed by atoms with E-state index >= 15 is 0 Å². The Morgan fingerprint density at radius 1 is 1.32 bits per heavy atom. The van der Waals surface area contributed by atoms with E-state index in [1.165, 1.54) is 11.1 Å². The molecule has 4 heteroatoms. The molecule has 0 radical (unpaired) electrons. The van der Waals surface area contributed by atoms with Crippen LogP contribution in [0.3, 0.4) is 0 Å². The number of ether oxygens (including phenoxy) is 2. The van der Waals surface area contributed by atoms with Gasteiger partial charge in [-0.05, 0) is 25.1 Å². The highest BCUT2D eigenvalue weighted by atomic mass is 16.5. The number of hydrogen-bond donors (Lipinski definition) is 1. The van der Waals surface area contributed by atoms with Gasteiger partial charge in [0.15, 0.2) is 0 Å². The maximum absolute atomic E-state index is 6.19. The molecule has 2 aliphatic heterocycles. The Labute approximate surface area is 114 Å². The number of hydrogen-bond acceptors (Lipinski definition) is 4. The third-order valence-electron chi connectivity index (χ3n) is 3.97. The summed E-state index contributed by atoms with van der Waals surface area (Å²) in [7, 11) is 2.14. The molecular formula is C15H22N2O2. The van der Waals surface area contributed by atoms with E-state index in [9.17, 15) is 0 Å². The lowest BCUT2D eigenvalue weighted by Gasteiger charge is -2.29. The first-order chi connectivity index (χ1) is 9.22. The molecule has 0 amide bonds. The van der Waals surface area contributed by atoms with Crippen molar-refractivity contribution in [2.75, 3.05) is 32.5 Å². The monoisotopic (exact) mass is 262 g/mol. The van der Waals surface area contributed by atoms with Crippen molar-refractivity contribution in [3.8, 4) is 5.75 Å². The van der Waals surface area contributed by atoms with Gasteiger partial charge in [-0.1, -0.05) is 0 Å². The smallest absolute Gasteiger partial charge is 0.125 e. The largest absolute Gasteiger partial charge is 0.490 e. The van der Waals surface area contributed by atoms with Crippen LogP contribution in [0.25, 0.3) is 0 Å². The van der Waals surface area contributed by atoms with E-state index in [0.29, 0.717) is 0 Å². The Hall–Kier alpha value is -1.26. The number of likely N-dealkylation sites (N-methyl/N-ethyl adjacent to an activating group) is 1. The van der Waals surface area contributed by atoms with Crippen LogP contribution in [0.4, 0.5) is 5.69 Å². The summed E-state index contributed by atoms with van der Waals surface area (Å²) in [5.41, 5.74) is 9.47. The SMILES string of the molecule is CN1CCc2c(cc(N)cc2OC2CCOCC2)C1. The van der Waals surface area contributed by atoms with Crippen molar-refractivity contribution in [3.63, 3.8) is 0 Å². The molecule has 3 rings (SSSR count). The van der Waals surface area contributed by atoms with Crippen LogP contribution in [0.1, 0.15) is 24.0 Å². The number of fused-ring (bicyclic) bond motifs is 1. The van der Waals surface area contributed by atoms with Crippen LogP contribution in [0, 0.1) is 0 Å². The fourth-order valence-corrected chi connectivity index (χ4v) is 2.90. The molecule has 0 spiro atoms. The molecule has 19 heavy (non-hydrogen) atoms. The molecule has 0 unspecified atom stereocenters. The topological polar surface area (TPSA) is 47.7 Å². The second kappa shape index (κ2) is 5.39. The van der Waals surface area contributed by atoms with Crippen LogP contribution >= 0.6 is 0 Å². The number of nitrogens with two attached hydrogens (primary N) is 1. The fourth-order valence-electron chi connectivity index (χ4n) is 2.90. The molecule has 4 nitrogen and oxygen atoms in total. The van der Waals surface area contributed by atoms with Gasteiger partial charge in [-0.3, -0.25) is 0 Å². The lowest BCUT2D eigenvalue weighted by Crippen LogP contribution is -2.29. The first-order valence-corrected chi connectivity index (χ1v) is 7.06. The molecule has 1 fully saturated rings. The summed E-state index contributed by atoms with van der Waals surface area (Å²) < 4.78 is 11.6. The quantitative estimate of drug-likeness (QED) is 0.826. The highest BCUT2D eigenvalue weighted by Crippen LogP contribution is 2.32. The van der Waals surface area contributed by atoms with Crippen LogP contribution < -0.4 is 10.5 Å². The molecule has 0 bridgehead atoms. The van der Waals surface area contributed by atoms with Gasteiger partial charge in [0.05, 0.1) is 13.2 Å². The average Bonchev–Trinajstić information content (AvgIpc) is 2.39. The van der Waals surface area contributed by atoms with E-state index in [4.69, 9.17) is 15.2 Å². The summed E-state index contributed by atoms with van der Waals surface area (Å²) in [6.45, 7) is 3.65. The van der Waals surface area contributed by atoms with E-state index < -0.39 is 0 Å². The Kier molecular flexibility index (Phi) is 3.62. The van der Waals surface area contributed by atoms with Gasteiger partial charge in [-0.25, -0.2) is 0 Å². The molecule has 104 valence electrons. The average molecular weight is 262 g/mol. The summed E-state index contributed by atoms with van der Waals surface area (Å²) in [5, 5.41) is 0. The summed E-state index contributed by atoms with van der Waals surface area (Å²) in [4.78, 5) is 2.32. The third kappa shape index (κ3) is 2.85. The minimum Gasteiger partial charge on any atom is -0.490 e. The standard InChI is InChI=1S/C15H22N2O2/c1-17-5-2-14-11(10-17)8-12(16)9-15(14)19-13-3-6-18-7-4-13/h8-9,13H,2-7,10,16H2,1H3. The van der Waals surface area contributed by atoms with Crippen molar-refractivity contribution >= 4 is 5.69 Å². The Balaban J connectivity index is 1.83. The highest BCUT2D eigenvalue weighted by Gasteiger charge is 2.21. The van der Waals surface area contributed by atoms with Crippen LogP contribution in [-0.2, 0) is 17.7 Å². The number of benzene rings is 1. The number of nitrogens with zero attached hydrogens (tertiary/aromatic N) is 1. The van der Waals surface area contributed by atoms with Crippen LogP contribution in [0.15, 0.2) is 12.1 Å². The summed E-state index contributed by atoms with van der Waals surface area (Å²) in [6.07, 6.45) is 3.27. The van der Waals surface area contributed by atoms with E-state index in [0.717, 1.165) is 57.0 Å². The van der Waals surface area contributed by atoms with Crippen molar-refractivity contribution in [1.29, 1.82) is 0 Å². The van der Waals surface area contributed by atoms with Crippen LogP contribution in [-0.4, -0.2) is 37.8 Å². The molecule has 2 heterocycles. The second-order valence-corrected chi connectivity index (χ2v) is 5.57. The van der Waals surface area contributed by atoms with Gasteiger partial charge in [-0.2, -0.15) is 0 Å². The number of nitrogen functional groups attached to an aromatic ring is 1.